The van der Waals surface area contributed by atoms with E-state index in [1.54, 1.807) is 14.2 Å². The first kappa shape index (κ1) is 22.7. The smallest absolute Gasteiger partial charge is 0.225 e. The average Bonchev–Trinajstić information content (AvgIpc) is 2.81. The van der Waals surface area contributed by atoms with Crippen molar-refractivity contribution >= 4 is 11.8 Å². The Kier molecular flexibility index (Phi) is 7.93. The van der Waals surface area contributed by atoms with Gasteiger partial charge in [-0.1, -0.05) is 43.7 Å². The van der Waals surface area contributed by atoms with Crippen molar-refractivity contribution in [1.82, 2.24) is 10.2 Å². The van der Waals surface area contributed by atoms with E-state index in [2.05, 4.69) is 12.2 Å². The maximum absolute atomic E-state index is 13.3. The highest BCUT2D eigenvalue weighted by atomic mass is 16.5. The Morgan fingerprint density at radius 2 is 1.84 bits per heavy atom. The number of methoxy groups -OCH3 is 2. The Bertz CT molecular complexity index is 881. The lowest BCUT2D eigenvalue weighted by atomic mass is 9.83. The molecule has 0 saturated carbocycles. The van der Waals surface area contributed by atoms with Crippen LogP contribution in [-0.2, 0) is 16.1 Å². The fourth-order valence-electron chi connectivity index (χ4n) is 4.18. The average molecular weight is 425 g/mol. The van der Waals surface area contributed by atoms with Gasteiger partial charge in [0.05, 0.1) is 26.2 Å². The number of hydrogen-bond acceptors (Lipinski definition) is 4. The van der Waals surface area contributed by atoms with Crippen LogP contribution in [0.1, 0.15) is 49.8 Å². The molecule has 0 aromatic heterocycles. The second kappa shape index (κ2) is 10.8. The minimum Gasteiger partial charge on any atom is -0.497 e. The molecular formula is C25H32N2O4. The van der Waals surface area contributed by atoms with Crippen LogP contribution in [0, 0.1) is 5.92 Å². The molecule has 1 aliphatic rings. The molecule has 1 N–H and O–H groups in total. The molecule has 0 bridgehead atoms. The number of likely N-dealkylation sites (tertiary alicyclic amines) is 1. The van der Waals surface area contributed by atoms with Gasteiger partial charge in [0.2, 0.25) is 11.8 Å². The number of para-hydroxylation sites is 1. The van der Waals surface area contributed by atoms with Gasteiger partial charge >= 0.3 is 0 Å². The predicted molar refractivity (Wildman–Crippen MR) is 120 cm³/mol. The van der Waals surface area contributed by atoms with Gasteiger partial charge in [0.15, 0.2) is 0 Å². The molecule has 31 heavy (non-hydrogen) atoms. The molecule has 1 heterocycles. The number of nitrogens with one attached hydrogen (secondary N) is 1. The van der Waals surface area contributed by atoms with Gasteiger partial charge in [0.1, 0.15) is 11.5 Å². The van der Waals surface area contributed by atoms with Crippen molar-refractivity contribution < 1.29 is 19.1 Å². The molecule has 0 unspecified atom stereocenters. The SMILES string of the molecule is CCCCN1C(=O)CC[C@@H](C(=O)NCc2ccc(OC)cc2)[C@H]1c1ccccc1OC. The quantitative estimate of drug-likeness (QED) is 0.658. The summed E-state index contributed by atoms with van der Waals surface area (Å²) in [4.78, 5) is 28.0. The molecule has 6 heteroatoms. The number of piperidine rings is 1. The lowest BCUT2D eigenvalue weighted by molar-refractivity contribution is -0.143. The molecule has 2 aromatic carbocycles. The van der Waals surface area contributed by atoms with E-state index in [-0.39, 0.29) is 23.8 Å². The summed E-state index contributed by atoms with van der Waals surface area (Å²) in [5.41, 5.74) is 1.89. The zero-order chi connectivity index (χ0) is 22.2. The Morgan fingerprint density at radius 3 is 2.52 bits per heavy atom. The van der Waals surface area contributed by atoms with E-state index in [1.165, 1.54) is 0 Å². The minimum absolute atomic E-state index is 0.0410. The van der Waals surface area contributed by atoms with Crippen molar-refractivity contribution in [3.05, 3.63) is 59.7 Å². The van der Waals surface area contributed by atoms with E-state index in [9.17, 15) is 9.59 Å². The molecule has 0 spiro atoms. The van der Waals surface area contributed by atoms with Crippen LogP contribution in [0.3, 0.4) is 0 Å². The standard InChI is InChI=1S/C25H32N2O4/c1-4-5-16-27-23(28)15-14-21(24(27)20-8-6-7-9-22(20)31-3)25(29)26-17-18-10-12-19(30-2)13-11-18/h6-13,21,24H,4-5,14-17H2,1-3H3,(H,26,29)/t21-,24-/m1/s1. The van der Waals surface area contributed by atoms with Crippen LogP contribution in [0.2, 0.25) is 0 Å². The second-order valence-corrected chi connectivity index (χ2v) is 7.84. The first-order valence-corrected chi connectivity index (χ1v) is 10.9. The van der Waals surface area contributed by atoms with Gasteiger partial charge in [0.25, 0.3) is 0 Å². The van der Waals surface area contributed by atoms with E-state index < -0.39 is 0 Å². The number of unbranched alkanes of at least 4 members (excludes halogenated alkanes) is 1. The summed E-state index contributed by atoms with van der Waals surface area (Å²) in [6.07, 6.45) is 2.79. The number of nitrogens with zero attached hydrogens (tertiary/aromatic N) is 1. The van der Waals surface area contributed by atoms with Gasteiger partial charge in [-0.3, -0.25) is 9.59 Å². The van der Waals surface area contributed by atoms with Crippen LogP contribution in [0.4, 0.5) is 0 Å². The summed E-state index contributed by atoms with van der Waals surface area (Å²) >= 11 is 0. The number of carbonyl (C=O) groups is 2. The largest absolute Gasteiger partial charge is 0.497 e. The Hall–Kier alpha value is -3.02. The molecule has 1 saturated heterocycles. The summed E-state index contributed by atoms with van der Waals surface area (Å²) in [6, 6.07) is 15.0. The molecule has 1 aliphatic heterocycles. The molecule has 1 fully saturated rings. The van der Waals surface area contributed by atoms with E-state index >= 15 is 0 Å². The zero-order valence-electron chi connectivity index (χ0n) is 18.6. The summed E-state index contributed by atoms with van der Waals surface area (Å²) < 4.78 is 10.8. The van der Waals surface area contributed by atoms with Gasteiger partial charge in [-0.05, 0) is 36.6 Å². The third-order valence-electron chi connectivity index (χ3n) is 5.88. The number of rotatable bonds is 9. The second-order valence-electron chi connectivity index (χ2n) is 7.84. The van der Waals surface area contributed by atoms with Crippen LogP contribution in [0.5, 0.6) is 11.5 Å². The fraction of sp³-hybridized carbons (Fsp3) is 0.440. The van der Waals surface area contributed by atoms with E-state index in [0.29, 0.717) is 31.7 Å². The van der Waals surface area contributed by atoms with Crippen molar-refractivity contribution in [3.8, 4) is 11.5 Å². The van der Waals surface area contributed by atoms with Crippen LogP contribution in [0.15, 0.2) is 48.5 Å². The first-order chi connectivity index (χ1) is 15.1. The highest BCUT2D eigenvalue weighted by Crippen LogP contribution is 2.40. The molecule has 3 rings (SSSR count). The third-order valence-corrected chi connectivity index (χ3v) is 5.88. The monoisotopic (exact) mass is 424 g/mol. The number of hydrogen-bond donors (Lipinski definition) is 1. The van der Waals surface area contributed by atoms with Crippen molar-refractivity contribution in [2.45, 2.75) is 45.2 Å². The first-order valence-electron chi connectivity index (χ1n) is 10.9. The Morgan fingerprint density at radius 1 is 1.10 bits per heavy atom. The van der Waals surface area contributed by atoms with Crippen LogP contribution in [-0.4, -0.2) is 37.5 Å². The van der Waals surface area contributed by atoms with Crippen molar-refractivity contribution in [1.29, 1.82) is 0 Å². The van der Waals surface area contributed by atoms with Crippen molar-refractivity contribution in [2.24, 2.45) is 5.92 Å². The number of carbonyl (C=O) groups excluding carboxylic acids is 2. The molecule has 166 valence electrons. The topological polar surface area (TPSA) is 67.9 Å². The molecule has 0 radical (unpaired) electrons. The molecule has 6 nitrogen and oxygen atoms in total. The van der Waals surface area contributed by atoms with E-state index in [4.69, 9.17) is 9.47 Å². The lowest BCUT2D eigenvalue weighted by Crippen LogP contribution is -2.48. The van der Waals surface area contributed by atoms with Crippen molar-refractivity contribution in [2.75, 3.05) is 20.8 Å². The zero-order valence-corrected chi connectivity index (χ0v) is 18.6. The number of benzene rings is 2. The van der Waals surface area contributed by atoms with Crippen LogP contribution < -0.4 is 14.8 Å². The molecule has 2 aromatic rings. The highest BCUT2D eigenvalue weighted by Gasteiger charge is 2.41. The van der Waals surface area contributed by atoms with Gasteiger partial charge in [-0.25, -0.2) is 0 Å². The summed E-state index contributed by atoms with van der Waals surface area (Å²) in [6.45, 7) is 3.17. The summed E-state index contributed by atoms with van der Waals surface area (Å²) in [7, 11) is 3.25. The normalized spacial score (nSPS) is 18.5. The Labute approximate surface area is 184 Å². The molecule has 2 atom stereocenters. The fourth-order valence-corrected chi connectivity index (χ4v) is 4.18. The maximum Gasteiger partial charge on any atom is 0.225 e. The lowest BCUT2D eigenvalue weighted by Gasteiger charge is -2.41. The van der Waals surface area contributed by atoms with Crippen LogP contribution in [0.25, 0.3) is 0 Å². The van der Waals surface area contributed by atoms with Gasteiger partial charge in [0, 0.05) is 25.1 Å². The van der Waals surface area contributed by atoms with Crippen LogP contribution >= 0.6 is 0 Å². The van der Waals surface area contributed by atoms with Gasteiger partial charge in [-0.15, -0.1) is 0 Å². The third kappa shape index (κ3) is 5.37. The molecule has 2 amide bonds. The number of amides is 2. The highest BCUT2D eigenvalue weighted by molar-refractivity contribution is 5.85. The Balaban J connectivity index is 1.84. The summed E-state index contributed by atoms with van der Waals surface area (Å²) in [5, 5.41) is 3.08. The predicted octanol–water partition coefficient (Wildman–Crippen LogP) is 4.10. The van der Waals surface area contributed by atoms with Gasteiger partial charge < -0.3 is 19.7 Å². The van der Waals surface area contributed by atoms with E-state index in [0.717, 1.165) is 29.7 Å². The van der Waals surface area contributed by atoms with Crippen molar-refractivity contribution in [3.63, 3.8) is 0 Å². The van der Waals surface area contributed by atoms with E-state index in [1.807, 2.05) is 53.4 Å². The molecular weight excluding hydrogens is 392 g/mol. The maximum atomic E-state index is 13.3. The minimum atomic E-state index is -0.334. The van der Waals surface area contributed by atoms with Gasteiger partial charge in [-0.2, -0.15) is 0 Å². The summed E-state index contributed by atoms with van der Waals surface area (Å²) in [5.74, 6) is 1.22. The number of ether oxygens (including phenoxy) is 2. The molecule has 0 aliphatic carbocycles.